The molecule has 0 saturated carbocycles. The third-order valence-electron chi connectivity index (χ3n) is 7.13. The second-order valence-corrected chi connectivity index (χ2v) is 9.03. The SMILES string of the molecule is COc1ccc2[nH]cc(C3CCN(CC(=O)N4CCN(c5ccccc5F)CC4)CC3)c2c1. The molecule has 3 heterocycles. The van der Waals surface area contributed by atoms with Crippen LogP contribution in [0.1, 0.15) is 24.3 Å². The Hall–Kier alpha value is -3.06. The molecule has 2 saturated heterocycles. The van der Waals surface area contributed by atoms with Crippen molar-refractivity contribution in [1.29, 1.82) is 0 Å². The topological polar surface area (TPSA) is 51.8 Å². The van der Waals surface area contributed by atoms with Gasteiger partial charge >= 0.3 is 0 Å². The van der Waals surface area contributed by atoms with Gasteiger partial charge in [-0.25, -0.2) is 4.39 Å². The molecular weight excluding hydrogens is 419 g/mol. The maximum absolute atomic E-state index is 14.1. The van der Waals surface area contributed by atoms with Crippen molar-refractivity contribution in [3.8, 4) is 5.75 Å². The minimum Gasteiger partial charge on any atom is -0.497 e. The first-order valence-electron chi connectivity index (χ1n) is 11.8. The van der Waals surface area contributed by atoms with E-state index >= 15 is 0 Å². The third-order valence-corrected chi connectivity index (χ3v) is 7.13. The van der Waals surface area contributed by atoms with E-state index in [0.717, 1.165) is 37.2 Å². The molecule has 0 aliphatic carbocycles. The monoisotopic (exact) mass is 450 g/mol. The number of nitrogens with one attached hydrogen (secondary N) is 1. The second-order valence-electron chi connectivity index (χ2n) is 9.03. The fraction of sp³-hybridized carbons (Fsp3) is 0.423. The first-order chi connectivity index (χ1) is 16.1. The molecule has 33 heavy (non-hydrogen) atoms. The van der Waals surface area contributed by atoms with E-state index in [1.54, 1.807) is 19.2 Å². The highest BCUT2D eigenvalue weighted by atomic mass is 19.1. The van der Waals surface area contributed by atoms with Crippen molar-refractivity contribution in [1.82, 2.24) is 14.8 Å². The number of rotatable bonds is 5. The van der Waals surface area contributed by atoms with E-state index in [9.17, 15) is 9.18 Å². The zero-order valence-electron chi connectivity index (χ0n) is 19.1. The lowest BCUT2D eigenvalue weighted by atomic mass is 9.89. The molecule has 2 fully saturated rings. The highest BCUT2D eigenvalue weighted by molar-refractivity contribution is 5.85. The average molecular weight is 451 g/mol. The van der Waals surface area contributed by atoms with Gasteiger partial charge in [-0.15, -0.1) is 0 Å². The first kappa shape index (κ1) is 21.8. The van der Waals surface area contributed by atoms with Crippen LogP contribution in [0.2, 0.25) is 0 Å². The van der Waals surface area contributed by atoms with Crippen LogP contribution in [0.4, 0.5) is 10.1 Å². The molecule has 0 unspecified atom stereocenters. The molecule has 3 aromatic rings. The summed E-state index contributed by atoms with van der Waals surface area (Å²) in [5.41, 5.74) is 3.11. The van der Waals surface area contributed by atoms with E-state index in [2.05, 4.69) is 28.2 Å². The number of piperidine rings is 1. The van der Waals surface area contributed by atoms with Gasteiger partial charge in [0.05, 0.1) is 19.3 Å². The molecule has 1 N–H and O–H groups in total. The second kappa shape index (κ2) is 9.43. The van der Waals surface area contributed by atoms with Crippen molar-refractivity contribution in [3.63, 3.8) is 0 Å². The van der Waals surface area contributed by atoms with Gasteiger partial charge in [0.2, 0.25) is 5.91 Å². The molecule has 2 aromatic carbocycles. The van der Waals surface area contributed by atoms with Crippen LogP contribution >= 0.6 is 0 Å². The average Bonchev–Trinajstić information content (AvgIpc) is 3.28. The van der Waals surface area contributed by atoms with Crippen LogP contribution in [0.25, 0.3) is 10.9 Å². The molecule has 2 aliphatic heterocycles. The van der Waals surface area contributed by atoms with Crippen LogP contribution in [0.15, 0.2) is 48.7 Å². The van der Waals surface area contributed by atoms with E-state index in [1.165, 1.54) is 17.0 Å². The number of anilines is 1. The summed E-state index contributed by atoms with van der Waals surface area (Å²) in [7, 11) is 1.70. The Kier molecular flexibility index (Phi) is 6.22. The summed E-state index contributed by atoms with van der Waals surface area (Å²) in [4.78, 5) is 22.5. The fourth-order valence-electron chi connectivity index (χ4n) is 5.18. The third kappa shape index (κ3) is 4.55. The van der Waals surface area contributed by atoms with Crippen molar-refractivity contribution < 1.29 is 13.9 Å². The number of halogens is 1. The van der Waals surface area contributed by atoms with Crippen LogP contribution in [0.5, 0.6) is 5.75 Å². The van der Waals surface area contributed by atoms with Crippen molar-refractivity contribution in [2.24, 2.45) is 0 Å². The Labute approximate surface area is 193 Å². The number of hydrogen-bond donors (Lipinski definition) is 1. The summed E-state index contributed by atoms with van der Waals surface area (Å²) < 4.78 is 19.5. The molecule has 0 atom stereocenters. The Morgan fingerprint density at radius 1 is 1.06 bits per heavy atom. The van der Waals surface area contributed by atoms with Crippen LogP contribution < -0.4 is 9.64 Å². The van der Waals surface area contributed by atoms with Crippen molar-refractivity contribution in [3.05, 3.63) is 60.0 Å². The van der Waals surface area contributed by atoms with Crippen LogP contribution in [-0.4, -0.2) is 73.6 Å². The van der Waals surface area contributed by atoms with E-state index in [1.807, 2.05) is 21.9 Å². The molecule has 1 aromatic heterocycles. The molecule has 174 valence electrons. The zero-order valence-corrected chi connectivity index (χ0v) is 19.1. The maximum atomic E-state index is 14.1. The largest absolute Gasteiger partial charge is 0.497 e. The normalized spacial score (nSPS) is 18.1. The molecule has 1 amide bonds. The fourth-order valence-corrected chi connectivity index (χ4v) is 5.18. The van der Waals surface area contributed by atoms with Crippen LogP contribution in [0.3, 0.4) is 0 Å². The molecular formula is C26H31FN4O2. The predicted molar refractivity (Wildman–Crippen MR) is 128 cm³/mol. The number of H-pyrrole nitrogens is 1. The quantitative estimate of drug-likeness (QED) is 0.642. The van der Waals surface area contributed by atoms with E-state index in [0.29, 0.717) is 44.3 Å². The lowest BCUT2D eigenvalue weighted by Gasteiger charge is -2.38. The summed E-state index contributed by atoms with van der Waals surface area (Å²) in [5, 5.41) is 1.23. The number of methoxy groups -OCH3 is 1. The lowest BCUT2D eigenvalue weighted by Crippen LogP contribution is -2.52. The van der Waals surface area contributed by atoms with Crippen LogP contribution in [0, 0.1) is 5.82 Å². The number of likely N-dealkylation sites (tertiary alicyclic amines) is 1. The number of aromatic nitrogens is 1. The number of aromatic amines is 1. The van der Waals surface area contributed by atoms with E-state index in [4.69, 9.17) is 4.74 Å². The van der Waals surface area contributed by atoms with Gasteiger partial charge in [0.25, 0.3) is 0 Å². The first-order valence-corrected chi connectivity index (χ1v) is 11.8. The Bertz CT molecular complexity index is 1110. The lowest BCUT2D eigenvalue weighted by molar-refractivity contribution is -0.133. The van der Waals surface area contributed by atoms with Gasteiger partial charge in [-0.2, -0.15) is 0 Å². The molecule has 7 heteroatoms. The van der Waals surface area contributed by atoms with Gasteiger partial charge < -0.3 is 19.5 Å². The number of carbonyl (C=O) groups is 1. The van der Waals surface area contributed by atoms with Gasteiger partial charge in [-0.1, -0.05) is 12.1 Å². The number of fused-ring (bicyclic) bond motifs is 1. The van der Waals surface area contributed by atoms with Gasteiger partial charge in [0.1, 0.15) is 11.6 Å². The number of ether oxygens (including phenoxy) is 1. The predicted octanol–water partition coefficient (Wildman–Crippen LogP) is 3.84. The number of piperazine rings is 1. The Morgan fingerprint density at radius 2 is 1.82 bits per heavy atom. The highest BCUT2D eigenvalue weighted by Gasteiger charge is 2.27. The Balaban J connectivity index is 1.13. The summed E-state index contributed by atoms with van der Waals surface area (Å²) in [6, 6.07) is 13.0. The van der Waals surface area contributed by atoms with Crippen molar-refractivity contribution in [2.45, 2.75) is 18.8 Å². The standard InChI is InChI=1S/C26H31FN4O2/c1-33-20-6-7-24-21(16-20)22(17-28-24)19-8-10-29(11-9-19)18-26(32)31-14-12-30(13-15-31)25-5-3-2-4-23(25)27/h2-7,16-17,19,28H,8-15,18H2,1H3. The van der Waals surface area contributed by atoms with Crippen LogP contribution in [-0.2, 0) is 4.79 Å². The highest BCUT2D eigenvalue weighted by Crippen LogP contribution is 2.34. The van der Waals surface area contributed by atoms with E-state index in [-0.39, 0.29) is 11.7 Å². The Morgan fingerprint density at radius 3 is 2.55 bits per heavy atom. The number of benzene rings is 2. The zero-order chi connectivity index (χ0) is 22.8. The smallest absolute Gasteiger partial charge is 0.236 e. The number of para-hydroxylation sites is 1. The molecule has 5 rings (SSSR count). The molecule has 0 bridgehead atoms. The minimum absolute atomic E-state index is 0.179. The molecule has 0 spiro atoms. The number of carbonyl (C=O) groups excluding carboxylic acids is 1. The summed E-state index contributed by atoms with van der Waals surface area (Å²) in [5.74, 6) is 1.34. The van der Waals surface area contributed by atoms with Gasteiger partial charge in [-0.3, -0.25) is 9.69 Å². The van der Waals surface area contributed by atoms with Crippen molar-refractivity contribution in [2.75, 3.05) is 57.8 Å². The summed E-state index contributed by atoms with van der Waals surface area (Å²) in [6.45, 7) is 4.91. The molecule has 0 radical (unpaired) electrons. The number of amides is 1. The van der Waals surface area contributed by atoms with Gasteiger partial charge in [0, 0.05) is 43.3 Å². The molecule has 6 nitrogen and oxygen atoms in total. The van der Waals surface area contributed by atoms with Crippen molar-refractivity contribution >= 4 is 22.5 Å². The summed E-state index contributed by atoms with van der Waals surface area (Å²) >= 11 is 0. The van der Waals surface area contributed by atoms with Gasteiger partial charge in [0.15, 0.2) is 0 Å². The summed E-state index contributed by atoms with van der Waals surface area (Å²) in [6.07, 6.45) is 4.21. The maximum Gasteiger partial charge on any atom is 0.236 e. The number of hydrogen-bond acceptors (Lipinski definition) is 4. The minimum atomic E-state index is -0.200. The van der Waals surface area contributed by atoms with E-state index < -0.39 is 0 Å². The molecule has 2 aliphatic rings. The van der Waals surface area contributed by atoms with Gasteiger partial charge in [-0.05, 0) is 67.7 Å². The number of nitrogens with zero attached hydrogens (tertiary/aromatic N) is 3.